The maximum Gasteiger partial charge on any atom is 0.337 e. The van der Waals surface area contributed by atoms with Gasteiger partial charge in [0.1, 0.15) is 5.60 Å². The van der Waals surface area contributed by atoms with Crippen molar-refractivity contribution in [1.82, 2.24) is 4.90 Å². The summed E-state index contributed by atoms with van der Waals surface area (Å²) < 4.78 is 11.0. The lowest BCUT2D eigenvalue weighted by Gasteiger charge is -2.40. The number of hydrogen-bond donors (Lipinski definition) is 1. The van der Waals surface area contributed by atoms with E-state index in [1.54, 1.807) is 25.3 Å². The largest absolute Gasteiger partial charge is 0.478 e. The zero-order valence-corrected chi connectivity index (χ0v) is 13.0. The molecule has 1 saturated heterocycles. The predicted molar refractivity (Wildman–Crippen MR) is 79.9 cm³/mol. The van der Waals surface area contributed by atoms with Crippen LogP contribution in [0.25, 0.3) is 0 Å². The minimum atomic E-state index is -1.01. The molecular formula is C15H20ClNO4. The van der Waals surface area contributed by atoms with Crippen molar-refractivity contribution >= 4 is 17.6 Å². The van der Waals surface area contributed by atoms with Gasteiger partial charge in [-0.3, -0.25) is 4.90 Å². The van der Waals surface area contributed by atoms with Crippen molar-refractivity contribution in [2.24, 2.45) is 0 Å². The molecule has 2 rings (SSSR count). The number of rotatable bonds is 5. The highest BCUT2D eigenvalue weighted by atomic mass is 35.5. The highest BCUT2D eigenvalue weighted by Crippen LogP contribution is 2.22. The fraction of sp³-hybridized carbons (Fsp3) is 0.533. The summed E-state index contributed by atoms with van der Waals surface area (Å²) >= 11 is 6.00. The Bertz CT molecular complexity index is 518. The van der Waals surface area contributed by atoms with Crippen LogP contribution in [0.5, 0.6) is 0 Å². The van der Waals surface area contributed by atoms with Crippen LogP contribution in [-0.4, -0.2) is 55.0 Å². The molecule has 1 aromatic carbocycles. The number of carbonyl (C=O) groups is 1. The summed E-state index contributed by atoms with van der Waals surface area (Å²) in [4.78, 5) is 13.2. The molecule has 1 aliphatic rings. The Morgan fingerprint density at radius 2 is 2.33 bits per heavy atom. The number of carboxylic acid groups (broad SMARTS) is 1. The molecule has 1 aliphatic heterocycles. The maximum absolute atomic E-state index is 11.0. The number of ether oxygens (including phenoxy) is 2. The third kappa shape index (κ3) is 4.17. The highest BCUT2D eigenvalue weighted by Gasteiger charge is 2.32. The third-order valence-corrected chi connectivity index (χ3v) is 3.85. The molecule has 0 amide bonds. The number of aromatic carboxylic acids is 1. The van der Waals surface area contributed by atoms with Gasteiger partial charge >= 0.3 is 5.97 Å². The maximum atomic E-state index is 11.0. The minimum Gasteiger partial charge on any atom is -0.478 e. The van der Waals surface area contributed by atoms with Crippen LogP contribution >= 0.6 is 11.6 Å². The average molecular weight is 314 g/mol. The zero-order valence-electron chi connectivity index (χ0n) is 12.3. The van der Waals surface area contributed by atoms with Gasteiger partial charge in [0, 0.05) is 26.7 Å². The van der Waals surface area contributed by atoms with Gasteiger partial charge < -0.3 is 14.6 Å². The Kier molecular flexibility index (Phi) is 5.22. The van der Waals surface area contributed by atoms with E-state index in [4.69, 9.17) is 26.2 Å². The van der Waals surface area contributed by atoms with Crippen molar-refractivity contribution < 1.29 is 19.4 Å². The second-order valence-corrected chi connectivity index (χ2v) is 5.97. The molecule has 21 heavy (non-hydrogen) atoms. The van der Waals surface area contributed by atoms with Crippen LogP contribution in [0.1, 0.15) is 22.8 Å². The summed E-state index contributed by atoms with van der Waals surface area (Å²) in [5, 5.41) is 9.25. The van der Waals surface area contributed by atoms with Gasteiger partial charge in [0.15, 0.2) is 0 Å². The molecule has 1 fully saturated rings. The van der Waals surface area contributed by atoms with E-state index in [-0.39, 0.29) is 16.2 Å². The van der Waals surface area contributed by atoms with Gasteiger partial charge in [-0.1, -0.05) is 17.7 Å². The monoisotopic (exact) mass is 313 g/mol. The number of hydrogen-bond acceptors (Lipinski definition) is 4. The van der Waals surface area contributed by atoms with Crippen molar-refractivity contribution in [3.63, 3.8) is 0 Å². The molecule has 1 heterocycles. The molecule has 1 N–H and O–H groups in total. The van der Waals surface area contributed by atoms with Gasteiger partial charge in [-0.15, -0.1) is 0 Å². The topological polar surface area (TPSA) is 59.0 Å². The highest BCUT2D eigenvalue weighted by molar-refractivity contribution is 6.33. The van der Waals surface area contributed by atoms with Gasteiger partial charge in [-0.2, -0.15) is 0 Å². The lowest BCUT2D eigenvalue weighted by Crippen LogP contribution is -2.52. The van der Waals surface area contributed by atoms with Crippen molar-refractivity contribution in [3.05, 3.63) is 34.3 Å². The van der Waals surface area contributed by atoms with Crippen LogP contribution in [0.2, 0.25) is 5.02 Å². The summed E-state index contributed by atoms with van der Waals surface area (Å²) in [6.07, 6.45) is 0. The van der Waals surface area contributed by atoms with Crippen molar-refractivity contribution in [2.75, 3.05) is 33.4 Å². The van der Waals surface area contributed by atoms with Crippen molar-refractivity contribution in [3.8, 4) is 0 Å². The van der Waals surface area contributed by atoms with E-state index in [9.17, 15) is 4.79 Å². The SMILES string of the molecule is COCC1(C)CN(Cc2ccc(C(=O)O)c(Cl)c2)CCO1. The quantitative estimate of drug-likeness (QED) is 0.903. The summed E-state index contributed by atoms with van der Waals surface area (Å²) in [7, 11) is 1.66. The van der Waals surface area contributed by atoms with Crippen molar-refractivity contribution in [2.45, 2.75) is 19.1 Å². The second-order valence-electron chi connectivity index (χ2n) is 5.56. The molecule has 5 nitrogen and oxygen atoms in total. The molecular weight excluding hydrogens is 294 g/mol. The van der Waals surface area contributed by atoms with Crippen LogP contribution < -0.4 is 0 Å². The third-order valence-electron chi connectivity index (χ3n) is 3.54. The normalized spacial score (nSPS) is 23.2. The van der Waals surface area contributed by atoms with E-state index in [1.807, 2.05) is 6.92 Å². The van der Waals surface area contributed by atoms with E-state index in [1.165, 1.54) is 0 Å². The number of halogens is 1. The summed E-state index contributed by atoms with van der Waals surface area (Å²) in [5.41, 5.74) is 0.816. The molecule has 0 spiro atoms. The second kappa shape index (κ2) is 6.75. The van der Waals surface area contributed by atoms with Crippen LogP contribution in [-0.2, 0) is 16.0 Å². The number of morpholine rings is 1. The van der Waals surface area contributed by atoms with Crippen molar-refractivity contribution in [1.29, 1.82) is 0 Å². The summed E-state index contributed by atoms with van der Waals surface area (Å²) in [6, 6.07) is 5.07. The summed E-state index contributed by atoms with van der Waals surface area (Å²) in [5.74, 6) is -1.01. The Balaban J connectivity index is 2.04. The Labute approximate surface area is 129 Å². The minimum absolute atomic E-state index is 0.131. The van der Waals surface area contributed by atoms with Crippen LogP contribution in [0.15, 0.2) is 18.2 Å². The molecule has 6 heteroatoms. The van der Waals surface area contributed by atoms with E-state index < -0.39 is 5.97 Å². The molecule has 0 aromatic heterocycles. The molecule has 0 bridgehead atoms. The Hall–Kier alpha value is -1.14. The van der Waals surface area contributed by atoms with E-state index >= 15 is 0 Å². The number of benzene rings is 1. The molecule has 1 atom stereocenters. The van der Waals surface area contributed by atoms with Crippen LogP contribution in [0.4, 0.5) is 0 Å². The summed E-state index contributed by atoms with van der Waals surface area (Å²) in [6.45, 7) is 5.53. The molecule has 1 aromatic rings. The Morgan fingerprint density at radius 3 is 2.95 bits per heavy atom. The molecule has 0 saturated carbocycles. The molecule has 0 radical (unpaired) electrons. The van der Waals surface area contributed by atoms with Gasteiger partial charge in [-0.25, -0.2) is 4.79 Å². The number of nitrogens with zero attached hydrogens (tertiary/aromatic N) is 1. The lowest BCUT2D eigenvalue weighted by atomic mass is 10.0. The number of methoxy groups -OCH3 is 1. The van der Waals surface area contributed by atoms with Gasteiger partial charge in [-0.05, 0) is 24.6 Å². The van der Waals surface area contributed by atoms with E-state index in [2.05, 4.69) is 4.90 Å². The standard InChI is InChI=1S/C15H20ClNO4/c1-15(10-20-2)9-17(5-6-21-15)8-11-3-4-12(14(18)19)13(16)7-11/h3-4,7H,5-6,8-10H2,1-2H3,(H,18,19). The average Bonchev–Trinajstić information content (AvgIpc) is 2.38. The molecule has 1 unspecified atom stereocenters. The Morgan fingerprint density at radius 1 is 1.57 bits per heavy atom. The van der Waals surface area contributed by atoms with Gasteiger partial charge in [0.2, 0.25) is 0 Å². The first-order valence-electron chi connectivity index (χ1n) is 6.80. The fourth-order valence-electron chi connectivity index (χ4n) is 2.64. The molecule has 116 valence electrons. The van der Waals surface area contributed by atoms with E-state index in [0.29, 0.717) is 19.8 Å². The molecule has 0 aliphatic carbocycles. The first kappa shape index (κ1) is 16.2. The fourth-order valence-corrected chi connectivity index (χ4v) is 2.92. The lowest BCUT2D eigenvalue weighted by molar-refractivity contribution is -0.129. The first-order chi connectivity index (χ1) is 9.93. The predicted octanol–water partition coefficient (Wildman–Crippen LogP) is 2.28. The first-order valence-corrected chi connectivity index (χ1v) is 7.18. The van der Waals surface area contributed by atoms with E-state index in [0.717, 1.165) is 18.7 Å². The smallest absolute Gasteiger partial charge is 0.337 e. The van der Waals surface area contributed by atoms with Gasteiger partial charge in [0.25, 0.3) is 0 Å². The van der Waals surface area contributed by atoms with Crippen LogP contribution in [0, 0.1) is 0 Å². The van der Waals surface area contributed by atoms with Crippen LogP contribution in [0.3, 0.4) is 0 Å². The zero-order chi connectivity index (χ0) is 15.5. The number of carboxylic acids is 1. The van der Waals surface area contributed by atoms with Gasteiger partial charge in [0.05, 0.1) is 23.8 Å².